The predicted octanol–water partition coefficient (Wildman–Crippen LogP) is -1.44. The summed E-state index contributed by atoms with van der Waals surface area (Å²) in [5.41, 5.74) is 4.64. The minimum Gasteiger partial charge on any atom is -0.389 e. The molecule has 18 heavy (non-hydrogen) atoms. The van der Waals surface area contributed by atoms with E-state index in [0.29, 0.717) is 6.54 Å². The molecule has 0 spiro atoms. The molecule has 102 valence electrons. The van der Waals surface area contributed by atoms with Gasteiger partial charge in [0.2, 0.25) is 0 Å². The van der Waals surface area contributed by atoms with Gasteiger partial charge in [-0.15, -0.1) is 0 Å². The smallest absolute Gasteiger partial charge is 0.330 e. The summed E-state index contributed by atoms with van der Waals surface area (Å²) in [5, 5.41) is 12.2. The Morgan fingerprint density at radius 1 is 1.56 bits per heavy atom. The Morgan fingerprint density at radius 3 is 2.78 bits per heavy atom. The normalized spacial score (nSPS) is 12.4. The minimum atomic E-state index is -0.768. The third-order valence-electron chi connectivity index (χ3n) is 2.43. The zero-order chi connectivity index (χ0) is 13.7. The third kappa shape index (κ3) is 3.11. The van der Waals surface area contributed by atoms with Gasteiger partial charge in [-0.3, -0.25) is 14.3 Å². The second-order valence-corrected chi connectivity index (χ2v) is 3.75. The van der Waals surface area contributed by atoms with Gasteiger partial charge in [0.15, 0.2) is 0 Å². The number of rotatable bonds is 6. The van der Waals surface area contributed by atoms with Crippen LogP contribution in [0.2, 0.25) is 0 Å². The quantitative estimate of drug-likeness (QED) is 0.495. The average Bonchev–Trinajstić information content (AvgIpc) is 2.29. The second-order valence-electron chi connectivity index (χ2n) is 3.75. The highest BCUT2D eigenvalue weighted by Crippen LogP contribution is 2.09. The molecule has 1 aromatic rings. The van der Waals surface area contributed by atoms with Crippen LogP contribution < -0.4 is 22.3 Å². The highest BCUT2D eigenvalue weighted by molar-refractivity contribution is 5.60. The number of H-pyrrole nitrogens is 1. The maximum atomic E-state index is 11.6. The zero-order valence-electron chi connectivity index (χ0n) is 10.4. The molecule has 1 atom stereocenters. The number of aromatic amines is 1. The number of aliphatic hydroxyl groups excluding tert-OH is 1. The van der Waals surface area contributed by atoms with Crippen LogP contribution in [-0.4, -0.2) is 41.0 Å². The van der Waals surface area contributed by atoms with E-state index in [1.165, 1.54) is 11.7 Å². The Kier molecular flexibility index (Phi) is 4.93. The number of hydrogen-bond acceptors (Lipinski definition) is 6. The summed E-state index contributed by atoms with van der Waals surface area (Å²) in [5.74, 6) is 0.0517. The first-order valence-corrected chi connectivity index (χ1v) is 5.54. The summed E-state index contributed by atoms with van der Waals surface area (Å²) < 4.78 is 5.98. The number of aliphatic hydroxyl groups is 1. The van der Waals surface area contributed by atoms with Crippen LogP contribution in [0.5, 0.6) is 0 Å². The van der Waals surface area contributed by atoms with Crippen LogP contribution in [-0.2, 0) is 11.3 Å². The maximum Gasteiger partial charge on any atom is 0.330 e. The third-order valence-corrected chi connectivity index (χ3v) is 2.43. The highest BCUT2D eigenvalue weighted by atomic mass is 16.5. The number of aromatic nitrogens is 2. The fourth-order valence-corrected chi connectivity index (χ4v) is 1.54. The fraction of sp³-hybridized carbons (Fsp3) is 0.600. The largest absolute Gasteiger partial charge is 0.389 e. The van der Waals surface area contributed by atoms with E-state index in [0.717, 1.165) is 0 Å². The monoisotopic (exact) mass is 258 g/mol. The van der Waals surface area contributed by atoms with Crippen LogP contribution in [0.3, 0.4) is 0 Å². The lowest BCUT2D eigenvalue weighted by atomic mass is 10.3. The Bertz CT molecular complexity index is 508. The lowest BCUT2D eigenvalue weighted by molar-refractivity contribution is 0.0727. The van der Waals surface area contributed by atoms with Crippen molar-refractivity contribution in [3.63, 3.8) is 0 Å². The van der Waals surface area contributed by atoms with Crippen molar-refractivity contribution in [1.29, 1.82) is 0 Å². The van der Waals surface area contributed by atoms with Crippen molar-refractivity contribution in [3.05, 3.63) is 20.8 Å². The molecular weight excluding hydrogens is 240 g/mol. The summed E-state index contributed by atoms with van der Waals surface area (Å²) in [6, 6.07) is 0. The molecule has 0 radical (unpaired) electrons. The molecule has 0 aromatic carbocycles. The molecule has 8 heteroatoms. The second kappa shape index (κ2) is 6.22. The van der Waals surface area contributed by atoms with Crippen LogP contribution in [0.25, 0.3) is 0 Å². The molecule has 0 fully saturated rings. The number of anilines is 2. The summed E-state index contributed by atoms with van der Waals surface area (Å²) in [6.07, 6.45) is -0.768. The minimum absolute atomic E-state index is 0.0517. The Balaban J connectivity index is 2.96. The van der Waals surface area contributed by atoms with Gasteiger partial charge in [-0.2, -0.15) is 0 Å². The molecule has 0 aliphatic rings. The first-order valence-electron chi connectivity index (χ1n) is 5.54. The van der Waals surface area contributed by atoms with Gasteiger partial charge in [0.1, 0.15) is 11.5 Å². The number of methoxy groups -OCH3 is 1. The summed E-state index contributed by atoms with van der Waals surface area (Å²) in [4.78, 5) is 25.1. The molecule has 0 bridgehead atoms. The van der Waals surface area contributed by atoms with Crippen molar-refractivity contribution in [2.24, 2.45) is 0 Å². The molecular formula is C10H18N4O4. The first-order chi connectivity index (χ1) is 8.51. The van der Waals surface area contributed by atoms with Crippen LogP contribution in [0.15, 0.2) is 9.59 Å². The molecule has 1 unspecified atom stereocenters. The molecule has 0 aliphatic carbocycles. The number of ether oxygens (including phenoxy) is 1. The Labute approximate surface area is 103 Å². The van der Waals surface area contributed by atoms with E-state index in [1.54, 1.807) is 6.92 Å². The summed E-state index contributed by atoms with van der Waals surface area (Å²) >= 11 is 0. The molecule has 1 heterocycles. The Hall–Kier alpha value is -1.80. The van der Waals surface area contributed by atoms with Gasteiger partial charge in [-0.05, 0) is 6.92 Å². The van der Waals surface area contributed by atoms with Crippen molar-refractivity contribution < 1.29 is 9.84 Å². The maximum absolute atomic E-state index is 11.6. The van der Waals surface area contributed by atoms with E-state index in [2.05, 4.69) is 10.3 Å². The van der Waals surface area contributed by atoms with Crippen LogP contribution in [0.4, 0.5) is 11.5 Å². The van der Waals surface area contributed by atoms with Crippen molar-refractivity contribution in [2.75, 3.05) is 31.3 Å². The highest BCUT2D eigenvalue weighted by Gasteiger charge is 2.12. The SMILES string of the molecule is CCn1c(N)c(NCC(O)COC)c(=O)[nH]c1=O. The molecule has 0 amide bonds. The van der Waals surface area contributed by atoms with Gasteiger partial charge in [0.05, 0.1) is 12.7 Å². The Morgan fingerprint density at radius 2 is 2.22 bits per heavy atom. The molecule has 0 saturated heterocycles. The average molecular weight is 258 g/mol. The van der Waals surface area contributed by atoms with Crippen LogP contribution >= 0.6 is 0 Å². The van der Waals surface area contributed by atoms with Gasteiger partial charge >= 0.3 is 5.69 Å². The van der Waals surface area contributed by atoms with E-state index in [9.17, 15) is 14.7 Å². The van der Waals surface area contributed by atoms with Crippen molar-refractivity contribution in [3.8, 4) is 0 Å². The lowest BCUT2D eigenvalue weighted by Gasteiger charge is -2.14. The van der Waals surface area contributed by atoms with Gasteiger partial charge in [-0.1, -0.05) is 0 Å². The summed E-state index contributed by atoms with van der Waals surface area (Å²) in [7, 11) is 1.46. The number of nitrogens with two attached hydrogens (primary N) is 1. The van der Waals surface area contributed by atoms with Crippen LogP contribution in [0.1, 0.15) is 6.92 Å². The topological polar surface area (TPSA) is 122 Å². The van der Waals surface area contributed by atoms with Gasteiger partial charge in [0.25, 0.3) is 5.56 Å². The van der Waals surface area contributed by atoms with Crippen molar-refractivity contribution in [1.82, 2.24) is 9.55 Å². The van der Waals surface area contributed by atoms with Gasteiger partial charge in [0, 0.05) is 20.2 Å². The van der Waals surface area contributed by atoms with Crippen molar-refractivity contribution >= 4 is 11.5 Å². The van der Waals surface area contributed by atoms with Crippen LogP contribution in [0, 0.1) is 0 Å². The van der Waals surface area contributed by atoms with E-state index in [1.807, 2.05) is 0 Å². The molecule has 5 N–H and O–H groups in total. The fourth-order valence-electron chi connectivity index (χ4n) is 1.54. The van der Waals surface area contributed by atoms with E-state index in [4.69, 9.17) is 10.5 Å². The molecule has 1 aromatic heterocycles. The van der Waals surface area contributed by atoms with Gasteiger partial charge < -0.3 is 20.9 Å². The van der Waals surface area contributed by atoms with Crippen molar-refractivity contribution in [2.45, 2.75) is 19.6 Å². The summed E-state index contributed by atoms with van der Waals surface area (Å²) in [6.45, 7) is 2.32. The van der Waals surface area contributed by atoms with E-state index >= 15 is 0 Å². The van der Waals surface area contributed by atoms with E-state index < -0.39 is 17.4 Å². The molecule has 0 aliphatic heterocycles. The number of nitrogen functional groups attached to an aromatic ring is 1. The molecule has 0 saturated carbocycles. The molecule has 1 rings (SSSR count). The number of hydrogen-bond donors (Lipinski definition) is 4. The lowest BCUT2D eigenvalue weighted by Crippen LogP contribution is -2.35. The molecule has 8 nitrogen and oxygen atoms in total. The van der Waals surface area contributed by atoms with E-state index in [-0.39, 0.29) is 24.7 Å². The number of nitrogens with one attached hydrogen (secondary N) is 2. The predicted molar refractivity (Wildman–Crippen MR) is 67.8 cm³/mol. The number of nitrogens with zero attached hydrogens (tertiary/aromatic N) is 1. The first kappa shape index (κ1) is 14.3. The van der Waals surface area contributed by atoms with Gasteiger partial charge in [-0.25, -0.2) is 4.79 Å². The zero-order valence-corrected chi connectivity index (χ0v) is 10.4. The standard InChI is InChI=1S/C10H18N4O4/c1-3-14-8(11)7(9(16)13-10(14)17)12-4-6(15)5-18-2/h6,12,15H,3-5,11H2,1-2H3,(H,13,16,17).